The summed E-state index contributed by atoms with van der Waals surface area (Å²) in [6.45, 7) is 12.5. The van der Waals surface area contributed by atoms with Crippen LogP contribution in [-0.2, 0) is 11.2 Å². The lowest BCUT2D eigenvalue weighted by atomic mass is 9.92. The van der Waals surface area contributed by atoms with E-state index in [9.17, 15) is 5.11 Å². The summed E-state index contributed by atoms with van der Waals surface area (Å²) in [5.41, 5.74) is 0.862. The number of aliphatic imine (C=N–C) groups is 1. The van der Waals surface area contributed by atoms with E-state index in [0.717, 1.165) is 63.8 Å². The van der Waals surface area contributed by atoms with Crippen molar-refractivity contribution in [1.29, 1.82) is 0 Å². The fraction of sp³-hybridized carbons (Fsp3) is 0.696. The molecule has 1 aliphatic heterocycles. The van der Waals surface area contributed by atoms with Gasteiger partial charge in [-0.25, -0.2) is 0 Å². The number of hydrogen-bond donors (Lipinski definition) is 3. The van der Waals surface area contributed by atoms with E-state index in [-0.39, 0.29) is 5.75 Å². The zero-order chi connectivity index (χ0) is 21.8. The fourth-order valence-electron chi connectivity index (χ4n) is 4.08. The van der Waals surface area contributed by atoms with Crippen LogP contribution in [-0.4, -0.2) is 75.1 Å². The first-order valence-corrected chi connectivity index (χ1v) is 11.3. The molecule has 2 rings (SSSR count). The van der Waals surface area contributed by atoms with E-state index in [1.165, 1.54) is 0 Å². The Bertz CT molecular complexity index is 643. The number of benzene rings is 1. The standard InChI is InChI=1S/C23H40N4O3/c1-5-18(6-2)20(27-13-15-30-16-14-27)17-26-23(24-7-3)25-12-11-19-9-8-10-21(29-4)22(19)28/h8-10,18,20,28H,5-7,11-17H2,1-4H3,(H2,24,25,26). The first-order chi connectivity index (χ1) is 14.6. The molecule has 1 aliphatic rings. The van der Waals surface area contributed by atoms with Gasteiger partial charge >= 0.3 is 0 Å². The number of methoxy groups -OCH3 is 1. The highest BCUT2D eigenvalue weighted by Gasteiger charge is 2.26. The number of guanidine groups is 1. The Morgan fingerprint density at radius 2 is 1.93 bits per heavy atom. The molecule has 0 aliphatic carbocycles. The third-order valence-electron chi connectivity index (χ3n) is 5.88. The second-order valence-electron chi connectivity index (χ2n) is 7.66. The molecule has 170 valence electrons. The van der Waals surface area contributed by atoms with E-state index in [0.29, 0.717) is 30.7 Å². The van der Waals surface area contributed by atoms with Crippen LogP contribution in [0.15, 0.2) is 23.2 Å². The van der Waals surface area contributed by atoms with Crippen molar-refractivity contribution in [1.82, 2.24) is 15.5 Å². The Balaban J connectivity index is 2.00. The van der Waals surface area contributed by atoms with E-state index >= 15 is 0 Å². The number of phenols is 1. The third-order valence-corrected chi connectivity index (χ3v) is 5.88. The van der Waals surface area contributed by atoms with E-state index in [1.807, 2.05) is 12.1 Å². The molecule has 1 aromatic carbocycles. The third kappa shape index (κ3) is 7.06. The fourth-order valence-corrected chi connectivity index (χ4v) is 4.08. The number of para-hydroxylation sites is 1. The van der Waals surface area contributed by atoms with Crippen molar-refractivity contribution in [3.8, 4) is 11.5 Å². The van der Waals surface area contributed by atoms with Crippen molar-refractivity contribution < 1.29 is 14.6 Å². The first kappa shape index (κ1) is 24.3. The van der Waals surface area contributed by atoms with Crippen LogP contribution < -0.4 is 15.4 Å². The smallest absolute Gasteiger partial charge is 0.191 e. The SMILES string of the molecule is CCNC(=NCC(C(CC)CC)N1CCOCC1)NCCc1cccc(OC)c1O. The molecule has 1 saturated heterocycles. The first-order valence-electron chi connectivity index (χ1n) is 11.3. The molecule has 0 saturated carbocycles. The summed E-state index contributed by atoms with van der Waals surface area (Å²) in [6, 6.07) is 6.02. The predicted molar refractivity (Wildman–Crippen MR) is 123 cm³/mol. The maximum Gasteiger partial charge on any atom is 0.191 e. The van der Waals surface area contributed by atoms with E-state index in [2.05, 4.69) is 36.3 Å². The van der Waals surface area contributed by atoms with Gasteiger partial charge in [-0.15, -0.1) is 0 Å². The molecule has 0 bridgehead atoms. The van der Waals surface area contributed by atoms with Gasteiger partial charge in [-0.2, -0.15) is 0 Å². The molecule has 30 heavy (non-hydrogen) atoms. The normalized spacial score (nSPS) is 16.5. The summed E-state index contributed by atoms with van der Waals surface area (Å²) in [5, 5.41) is 17.0. The Morgan fingerprint density at radius 1 is 1.20 bits per heavy atom. The van der Waals surface area contributed by atoms with E-state index < -0.39 is 0 Å². The number of nitrogens with one attached hydrogen (secondary N) is 2. The van der Waals surface area contributed by atoms with Crippen molar-refractivity contribution in [3.63, 3.8) is 0 Å². The summed E-state index contributed by atoms with van der Waals surface area (Å²) >= 11 is 0. The van der Waals surface area contributed by atoms with Gasteiger partial charge in [0.1, 0.15) is 0 Å². The number of phenolic OH excluding ortho intramolecular Hbond substituents is 1. The van der Waals surface area contributed by atoms with Crippen LogP contribution in [0.2, 0.25) is 0 Å². The molecule has 1 heterocycles. The molecule has 1 aromatic rings. The van der Waals surface area contributed by atoms with Crippen LogP contribution in [0.25, 0.3) is 0 Å². The lowest BCUT2D eigenvalue weighted by Crippen LogP contribution is -2.49. The average Bonchev–Trinajstić information content (AvgIpc) is 2.78. The Kier molecular flexibility index (Phi) is 10.8. The quantitative estimate of drug-likeness (QED) is 0.377. The second-order valence-corrected chi connectivity index (χ2v) is 7.66. The van der Waals surface area contributed by atoms with Crippen LogP contribution in [0.1, 0.15) is 39.2 Å². The molecule has 1 fully saturated rings. The van der Waals surface area contributed by atoms with Gasteiger partial charge < -0.3 is 25.2 Å². The summed E-state index contributed by atoms with van der Waals surface area (Å²) in [7, 11) is 1.57. The molecular weight excluding hydrogens is 380 g/mol. The van der Waals surface area contributed by atoms with Crippen LogP contribution >= 0.6 is 0 Å². The molecule has 0 amide bonds. The van der Waals surface area contributed by atoms with E-state index in [4.69, 9.17) is 14.5 Å². The molecule has 1 unspecified atom stereocenters. The van der Waals surface area contributed by atoms with Crippen LogP contribution in [0.3, 0.4) is 0 Å². The number of rotatable bonds is 11. The molecule has 7 nitrogen and oxygen atoms in total. The van der Waals surface area contributed by atoms with Gasteiger partial charge in [-0.1, -0.05) is 38.8 Å². The summed E-state index contributed by atoms with van der Waals surface area (Å²) in [5.74, 6) is 2.17. The van der Waals surface area contributed by atoms with Gasteiger partial charge in [0.25, 0.3) is 0 Å². The molecule has 0 radical (unpaired) electrons. The number of ether oxygens (including phenoxy) is 2. The summed E-state index contributed by atoms with van der Waals surface area (Å²) < 4.78 is 10.7. The van der Waals surface area contributed by atoms with Crippen LogP contribution in [0.4, 0.5) is 0 Å². The molecule has 0 aromatic heterocycles. The number of morpholine rings is 1. The minimum Gasteiger partial charge on any atom is -0.504 e. The highest BCUT2D eigenvalue weighted by Crippen LogP contribution is 2.29. The molecule has 7 heteroatoms. The molecule has 3 N–H and O–H groups in total. The van der Waals surface area contributed by atoms with Gasteiger partial charge in [0, 0.05) is 32.2 Å². The largest absolute Gasteiger partial charge is 0.504 e. The lowest BCUT2D eigenvalue weighted by Gasteiger charge is -2.38. The minimum absolute atomic E-state index is 0.213. The molecular formula is C23H40N4O3. The maximum atomic E-state index is 10.3. The van der Waals surface area contributed by atoms with Crippen molar-refractivity contribution in [2.75, 3.05) is 53.0 Å². The lowest BCUT2D eigenvalue weighted by molar-refractivity contribution is 0.00395. The highest BCUT2D eigenvalue weighted by molar-refractivity contribution is 5.79. The van der Waals surface area contributed by atoms with Crippen molar-refractivity contribution in [2.45, 2.75) is 46.1 Å². The van der Waals surface area contributed by atoms with Crippen molar-refractivity contribution in [2.24, 2.45) is 10.9 Å². The molecule has 0 spiro atoms. The number of nitrogens with zero attached hydrogens (tertiary/aromatic N) is 2. The maximum absolute atomic E-state index is 10.3. The second kappa shape index (κ2) is 13.3. The van der Waals surface area contributed by atoms with Gasteiger partial charge in [0.2, 0.25) is 0 Å². The Hall–Kier alpha value is -1.99. The van der Waals surface area contributed by atoms with Gasteiger partial charge in [-0.3, -0.25) is 9.89 Å². The summed E-state index contributed by atoms with van der Waals surface area (Å²) in [6.07, 6.45) is 3.01. The number of aromatic hydroxyl groups is 1. The van der Waals surface area contributed by atoms with Gasteiger partial charge in [0.05, 0.1) is 26.9 Å². The van der Waals surface area contributed by atoms with Gasteiger partial charge in [-0.05, 0) is 30.9 Å². The predicted octanol–water partition coefficient (Wildman–Crippen LogP) is 2.64. The van der Waals surface area contributed by atoms with E-state index in [1.54, 1.807) is 13.2 Å². The minimum atomic E-state index is 0.213. The highest BCUT2D eigenvalue weighted by atomic mass is 16.5. The zero-order valence-electron chi connectivity index (χ0n) is 19.1. The Labute approximate surface area is 181 Å². The molecule has 1 atom stereocenters. The summed E-state index contributed by atoms with van der Waals surface area (Å²) in [4.78, 5) is 7.46. The average molecular weight is 421 g/mol. The topological polar surface area (TPSA) is 78.4 Å². The van der Waals surface area contributed by atoms with Crippen LogP contribution in [0.5, 0.6) is 11.5 Å². The zero-order valence-corrected chi connectivity index (χ0v) is 19.1. The van der Waals surface area contributed by atoms with Crippen molar-refractivity contribution >= 4 is 5.96 Å². The van der Waals surface area contributed by atoms with Crippen molar-refractivity contribution in [3.05, 3.63) is 23.8 Å². The van der Waals surface area contributed by atoms with Gasteiger partial charge in [0.15, 0.2) is 17.5 Å². The number of hydrogen-bond acceptors (Lipinski definition) is 5. The Morgan fingerprint density at radius 3 is 2.57 bits per heavy atom. The monoisotopic (exact) mass is 420 g/mol. The van der Waals surface area contributed by atoms with Crippen LogP contribution in [0, 0.1) is 5.92 Å².